The molecule has 1 N–H and O–H groups in total. The molecule has 1 unspecified atom stereocenters. The average molecular weight is 581 g/mol. The normalized spacial score (nSPS) is 19.3. The van der Waals surface area contributed by atoms with Crippen LogP contribution in [-0.2, 0) is 26.8 Å². The highest BCUT2D eigenvalue weighted by Gasteiger charge is 2.37. The van der Waals surface area contributed by atoms with Gasteiger partial charge in [-0.15, -0.1) is 0 Å². The second-order valence-electron chi connectivity index (χ2n) is 9.17. The Labute approximate surface area is 227 Å². The fourth-order valence-electron chi connectivity index (χ4n) is 4.35. The van der Waals surface area contributed by atoms with Gasteiger partial charge in [0.1, 0.15) is 0 Å². The van der Waals surface area contributed by atoms with Gasteiger partial charge in [0.25, 0.3) is 0 Å². The zero-order valence-corrected chi connectivity index (χ0v) is 23.7. The van der Waals surface area contributed by atoms with Crippen molar-refractivity contribution in [3.63, 3.8) is 0 Å². The van der Waals surface area contributed by atoms with Crippen molar-refractivity contribution in [1.82, 2.24) is 14.5 Å². The summed E-state index contributed by atoms with van der Waals surface area (Å²) in [5.41, 5.74) is 0.679. The molecule has 0 spiro atoms. The van der Waals surface area contributed by atoms with Gasteiger partial charge in [-0.2, -0.15) is 4.31 Å². The van der Waals surface area contributed by atoms with Crippen molar-refractivity contribution in [2.45, 2.75) is 38.3 Å². The summed E-state index contributed by atoms with van der Waals surface area (Å²) in [5.74, 6) is -0.162. The Hall–Kier alpha value is -1.06. The van der Waals surface area contributed by atoms with Gasteiger partial charge in [0.2, 0.25) is 15.9 Å². The Kier molecular flexibility index (Phi) is 9.41. The first kappa shape index (κ1) is 28.5. The first-order valence-electron chi connectivity index (χ1n) is 11.2. The molecule has 192 valence electrons. The van der Waals surface area contributed by atoms with E-state index < -0.39 is 15.4 Å². The predicted octanol–water partition coefficient (Wildman–Crippen LogP) is 5.23. The van der Waals surface area contributed by atoms with E-state index in [0.29, 0.717) is 52.7 Å². The Bertz CT molecular complexity index is 1190. The largest absolute Gasteiger partial charge is 0.351 e. The van der Waals surface area contributed by atoms with Crippen LogP contribution in [0.4, 0.5) is 0 Å². The zero-order chi connectivity index (χ0) is 26.0. The van der Waals surface area contributed by atoms with Crippen molar-refractivity contribution in [2.75, 3.05) is 32.4 Å². The van der Waals surface area contributed by atoms with E-state index in [9.17, 15) is 13.2 Å². The zero-order valence-electron chi connectivity index (χ0n) is 19.8. The van der Waals surface area contributed by atoms with E-state index in [0.717, 1.165) is 11.1 Å². The van der Waals surface area contributed by atoms with E-state index in [1.165, 1.54) is 10.6 Å². The van der Waals surface area contributed by atoms with Crippen LogP contribution < -0.4 is 5.32 Å². The second-order valence-corrected chi connectivity index (χ2v) is 12.7. The summed E-state index contributed by atoms with van der Waals surface area (Å²) >= 11 is 24.5. The van der Waals surface area contributed by atoms with Gasteiger partial charge >= 0.3 is 0 Å². The Balaban J connectivity index is 1.77. The van der Waals surface area contributed by atoms with E-state index >= 15 is 0 Å². The van der Waals surface area contributed by atoms with E-state index in [1.807, 2.05) is 26.0 Å². The number of sulfonamides is 1. The molecule has 11 heteroatoms. The first-order chi connectivity index (χ1) is 16.3. The number of carbonyl (C=O) groups is 1. The molecular weight excluding hydrogens is 552 g/mol. The lowest BCUT2D eigenvalue weighted by atomic mass is 9.78. The molecule has 1 fully saturated rings. The third-order valence-electron chi connectivity index (χ3n) is 6.50. The highest BCUT2D eigenvalue weighted by Crippen LogP contribution is 2.34. The maximum absolute atomic E-state index is 13.6. The number of amides is 1. The topological polar surface area (TPSA) is 69.7 Å². The summed E-state index contributed by atoms with van der Waals surface area (Å²) in [4.78, 5) is 15.7. The maximum atomic E-state index is 13.6. The average Bonchev–Trinajstić information content (AvgIpc) is 2.79. The number of carbonyl (C=O) groups excluding carboxylic acids is 1. The van der Waals surface area contributed by atoms with E-state index in [4.69, 9.17) is 46.4 Å². The van der Waals surface area contributed by atoms with Crippen molar-refractivity contribution < 1.29 is 13.2 Å². The molecule has 2 aromatic rings. The van der Waals surface area contributed by atoms with Crippen LogP contribution in [-0.4, -0.2) is 62.0 Å². The molecule has 0 radical (unpaired) electrons. The van der Waals surface area contributed by atoms with Crippen LogP contribution in [0.25, 0.3) is 0 Å². The third-order valence-corrected chi connectivity index (χ3v) is 9.37. The molecule has 1 heterocycles. The number of nitrogens with zero attached hydrogens (tertiary/aromatic N) is 2. The second kappa shape index (κ2) is 11.5. The molecule has 2 atom stereocenters. The molecule has 0 aliphatic carbocycles. The predicted molar refractivity (Wildman–Crippen MR) is 144 cm³/mol. The van der Waals surface area contributed by atoms with Gasteiger partial charge in [-0.3, -0.25) is 4.79 Å². The summed E-state index contributed by atoms with van der Waals surface area (Å²) < 4.78 is 25.5. The van der Waals surface area contributed by atoms with Crippen molar-refractivity contribution in [1.29, 1.82) is 0 Å². The number of hydrogen-bond acceptors (Lipinski definition) is 4. The minimum atomic E-state index is -3.25. The highest BCUT2D eigenvalue weighted by molar-refractivity contribution is 7.88. The minimum Gasteiger partial charge on any atom is -0.351 e. The van der Waals surface area contributed by atoms with Crippen molar-refractivity contribution in [3.8, 4) is 0 Å². The molecule has 1 aliphatic rings. The van der Waals surface area contributed by atoms with Gasteiger partial charge in [0.15, 0.2) is 0 Å². The van der Waals surface area contributed by atoms with Crippen LogP contribution in [0.15, 0.2) is 36.4 Å². The van der Waals surface area contributed by atoms with Gasteiger partial charge < -0.3 is 10.2 Å². The monoisotopic (exact) mass is 579 g/mol. The first-order valence-corrected chi connectivity index (χ1v) is 14.5. The summed E-state index contributed by atoms with van der Waals surface area (Å²) in [6.45, 7) is 6.29. The summed E-state index contributed by atoms with van der Waals surface area (Å²) in [5, 5.41) is 4.69. The smallest absolute Gasteiger partial charge is 0.230 e. The van der Waals surface area contributed by atoms with Crippen LogP contribution in [0.5, 0.6) is 0 Å². The number of halogens is 4. The number of benzene rings is 2. The van der Waals surface area contributed by atoms with Gasteiger partial charge in [0.05, 0.1) is 31.8 Å². The Morgan fingerprint density at radius 1 is 1.03 bits per heavy atom. The van der Waals surface area contributed by atoms with Crippen LogP contribution in [0.3, 0.4) is 0 Å². The SMILES string of the molecule is C[C@H]1CN(CCC(C)(C(=O)NCc2ccc(Cl)c(Cl)c2)c2ccc(Cl)c(Cl)c2)CCN1S(C)(=O)=O. The quantitative estimate of drug-likeness (QED) is 0.464. The van der Waals surface area contributed by atoms with Crippen LogP contribution in [0.1, 0.15) is 31.4 Å². The lowest BCUT2D eigenvalue weighted by Gasteiger charge is -2.40. The molecule has 3 rings (SSSR count). The molecule has 0 bridgehead atoms. The molecule has 6 nitrogen and oxygen atoms in total. The number of nitrogens with one attached hydrogen (secondary N) is 1. The molecule has 1 aliphatic heterocycles. The van der Waals surface area contributed by atoms with Crippen molar-refractivity contribution in [2.24, 2.45) is 0 Å². The number of piperazine rings is 1. The Morgan fingerprint density at radius 2 is 1.66 bits per heavy atom. The van der Waals surface area contributed by atoms with E-state index in [1.54, 1.807) is 24.3 Å². The van der Waals surface area contributed by atoms with Crippen LogP contribution >= 0.6 is 46.4 Å². The van der Waals surface area contributed by atoms with Gasteiger partial charge in [-0.05, 0) is 62.2 Å². The summed E-state index contributed by atoms with van der Waals surface area (Å²) in [6, 6.07) is 10.3. The van der Waals surface area contributed by atoms with Crippen LogP contribution in [0.2, 0.25) is 20.1 Å². The summed E-state index contributed by atoms with van der Waals surface area (Å²) in [6.07, 6.45) is 1.74. The van der Waals surface area contributed by atoms with Gasteiger partial charge in [-0.25, -0.2) is 8.42 Å². The molecule has 35 heavy (non-hydrogen) atoms. The number of rotatable bonds is 8. The lowest BCUT2D eigenvalue weighted by molar-refractivity contribution is -0.126. The Morgan fingerprint density at radius 3 is 2.23 bits per heavy atom. The maximum Gasteiger partial charge on any atom is 0.230 e. The standard InChI is InChI=1S/C24H29Cl4N3O3S/c1-16-15-30(10-11-31(16)35(3,33)34)9-8-24(2,18-5-7-20(26)22(28)13-18)23(32)29-14-17-4-6-19(25)21(27)12-17/h4-7,12-13,16H,8-11,14-15H2,1-3H3,(H,29,32)/t16-,24?/m0/s1. The van der Waals surface area contributed by atoms with Crippen LogP contribution in [0, 0.1) is 0 Å². The number of hydrogen-bond donors (Lipinski definition) is 1. The highest BCUT2D eigenvalue weighted by atomic mass is 35.5. The molecule has 0 saturated carbocycles. The summed E-state index contributed by atoms with van der Waals surface area (Å²) in [7, 11) is -3.25. The molecule has 1 amide bonds. The van der Waals surface area contributed by atoms with E-state index in [2.05, 4.69) is 10.2 Å². The van der Waals surface area contributed by atoms with E-state index in [-0.39, 0.29) is 18.5 Å². The van der Waals surface area contributed by atoms with Gasteiger partial charge in [0, 0.05) is 32.2 Å². The van der Waals surface area contributed by atoms with Crippen molar-refractivity contribution >= 4 is 62.3 Å². The fourth-order valence-corrected chi connectivity index (χ4v) is 6.10. The van der Waals surface area contributed by atoms with Crippen molar-refractivity contribution in [3.05, 3.63) is 67.6 Å². The third kappa shape index (κ3) is 7.04. The fraction of sp³-hybridized carbons (Fsp3) is 0.458. The molecular formula is C24H29Cl4N3O3S. The lowest BCUT2D eigenvalue weighted by Crippen LogP contribution is -2.54. The molecule has 2 aromatic carbocycles. The molecule has 1 saturated heterocycles. The minimum absolute atomic E-state index is 0.140. The van der Waals surface area contributed by atoms with Gasteiger partial charge in [-0.1, -0.05) is 58.5 Å². The molecule has 0 aromatic heterocycles.